The molecule has 0 radical (unpaired) electrons. The van der Waals surface area contributed by atoms with Gasteiger partial charge in [-0.3, -0.25) is 19.2 Å². The largest absolute Gasteiger partial charge is 0.744 e. The van der Waals surface area contributed by atoms with Crippen LogP contribution in [0.15, 0.2) is 168 Å². The van der Waals surface area contributed by atoms with E-state index in [0.717, 1.165) is 35.3 Å². The van der Waals surface area contributed by atoms with Crippen molar-refractivity contribution in [1.82, 2.24) is 0 Å². The molecule has 70 heavy (non-hydrogen) atoms. The Bertz CT molecular complexity index is 3020. The van der Waals surface area contributed by atoms with Crippen molar-refractivity contribution in [1.29, 1.82) is 0 Å². The molecule has 2 heterocycles. The van der Waals surface area contributed by atoms with E-state index in [1.54, 1.807) is 84.9 Å². The predicted molar refractivity (Wildman–Crippen MR) is 264 cm³/mol. The summed E-state index contributed by atoms with van der Waals surface area (Å²) in [5.74, 6) is -1.19. The molecule has 0 aliphatic carbocycles. The quantitative estimate of drug-likeness (QED) is 0.0686. The Hall–Kier alpha value is -7.90. The molecule has 4 amide bonds. The molecule has 0 saturated heterocycles. The Balaban J connectivity index is 0.000000338. The van der Waals surface area contributed by atoms with Crippen LogP contribution < -0.4 is 30.4 Å². The fourth-order valence-electron chi connectivity index (χ4n) is 6.45. The van der Waals surface area contributed by atoms with E-state index in [1.807, 2.05) is 99.7 Å². The Morgan fingerprint density at radius 2 is 0.757 bits per heavy atom. The van der Waals surface area contributed by atoms with Gasteiger partial charge in [0.2, 0.25) is 0 Å². The Kier molecular flexibility index (Phi) is 18.1. The second-order valence-corrected chi connectivity index (χ2v) is 18.6. The summed E-state index contributed by atoms with van der Waals surface area (Å²) in [7, 11) is -8.54. The number of amides is 4. The van der Waals surface area contributed by atoms with E-state index in [2.05, 4.69) is 21.3 Å². The topological polar surface area (TPSA) is 239 Å². The highest BCUT2D eigenvalue weighted by atomic mass is 32.2. The maximum absolute atomic E-state index is 13.0. The van der Waals surface area contributed by atoms with Gasteiger partial charge in [0.05, 0.1) is 9.79 Å². The molecular formula is C52H52N6O10S2. The van der Waals surface area contributed by atoms with Crippen molar-refractivity contribution in [3.05, 3.63) is 203 Å². The number of benzene rings is 5. The summed E-state index contributed by atoms with van der Waals surface area (Å²) in [5.41, 5.74) is 7.53. The molecule has 0 fully saturated rings. The lowest BCUT2D eigenvalue weighted by Crippen LogP contribution is -2.31. The molecule has 362 valence electrons. The van der Waals surface area contributed by atoms with Gasteiger partial charge < -0.3 is 30.4 Å². The second kappa shape index (κ2) is 23.9. The van der Waals surface area contributed by atoms with E-state index in [9.17, 15) is 45.1 Å². The highest BCUT2D eigenvalue weighted by molar-refractivity contribution is 7.86. The van der Waals surface area contributed by atoms with Gasteiger partial charge in [-0.2, -0.15) is 0 Å². The SMILES string of the molecule is CC[n+]1cccc(NC(=O)c2ccc(NC(=O)c3ccc(C(=O)Nc4ccc(C(=O)Nc5ccc[n+](CC)c5)cc4C)cc3)c(C)c2)c1.Cc1ccc(S(=O)(=O)[O-])cc1.Cc1ccc(S(=O)(=O)[O-])cc1. The van der Waals surface area contributed by atoms with Crippen LogP contribution in [-0.2, 0) is 33.3 Å². The fraction of sp³-hybridized carbons (Fsp3) is 0.154. The number of aryl methyl sites for hydroxylation is 6. The lowest BCUT2D eigenvalue weighted by molar-refractivity contribution is -0.693. The minimum Gasteiger partial charge on any atom is -0.744 e. The number of nitrogens with one attached hydrogen (secondary N) is 4. The lowest BCUT2D eigenvalue weighted by Gasteiger charge is -2.12. The predicted octanol–water partition coefficient (Wildman–Crippen LogP) is 7.73. The average molecular weight is 985 g/mol. The van der Waals surface area contributed by atoms with Gasteiger partial charge in [0, 0.05) is 45.8 Å². The van der Waals surface area contributed by atoms with Crippen molar-refractivity contribution in [2.45, 2.75) is 64.4 Å². The Morgan fingerprint density at radius 3 is 1.06 bits per heavy atom. The highest BCUT2D eigenvalue weighted by Gasteiger charge is 2.16. The summed E-state index contributed by atoms with van der Waals surface area (Å²) in [5, 5.41) is 11.6. The molecule has 0 aliphatic rings. The van der Waals surface area contributed by atoms with E-state index < -0.39 is 20.2 Å². The summed E-state index contributed by atoms with van der Waals surface area (Å²) in [6.07, 6.45) is 7.58. The smallest absolute Gasteiger partial charge is 0.255 e. The van der Waals surface area contributed by atoms with Crippen molar-refractivity contribution in [3.63, 3.8) is 0 Å². The first-order valence-corrected chi connectivity index (χ1v) is 24.5. The first-order valence-electron chi connectivity index (χ1n) is 21.7. The number of hydrogen-bond acceptors (Lipinski definition) is 10. The number of hydrogen-bond donors (Lipinski definition) is 4. The van der Waals surface area contributed by atoms with Crippen LogP contribution in [0.1, 0.15) is 77.5 Å². The number of aromatic nitrogens is 2. The van der Waals surface area contributed by atoms with Gasteiger partial charge in [-0.25, -0.2) is 26.0 Å². The van der Waals surface area contributed by atoms with Gasteiger partial charge in [-0.1, -0.05) is 35.4 Å². The van der Waals surface area contributed by atoms with Gasteiger partial charge in [0.15, 0.2) is 24.8 Å². The zero-order chi connectivity index (χ0) is 51.2. The van der Waals surface area contributed by atoms with Crippen LogP contribution in [0, 0.1) is 27.7 Å². The minimum atomic E-state index is -4.27. The minimum absolute atomic E-state index is 0.178. The lowest BCUT2D eigenvalue weighted by atomic mass is 10.1. The fourth-order valence-corrected chi connectivity index (χ4v) is 7.39. The molecule has 7 rings (SSSR count). The van der Waals surface area contributed by atoms with E-state index in [1.165, 1.54) is 24.3 Å². The Labute approximate surface area is 407 Å². The maximum atomic E-state index is 13.0. The number of pyridine rings is 2. The van der Waals surface area contributed by atoms with Crippen molar-refractivity contribution in [2.75, 3.05) is 21.3 Å². The number of carbonyl (C=O) groups is 4. The molecule has 0 spiro atoms. The summed E-state index contributed by atoms with van der Waals surface area (Å²) >= 11 is 0. The van der Waals surface area contributed by atoms with Crippen LogP contribution in [0.4, 0.5) is 22.7 Å². The van der Waals surface area contributed by atoms with E-state index in [4.69, 9.17) is 0 Å². The van der Waals surface area contributed by atoms with Crippen molar-refractivity contribution >= 4 is 66.6 Å². The van der Waals surface area contributed by atoms with Crippen LogP contribution in [0.2, 0.25) is 0 Å². The third kappa shape index (κ3) is 15.6. The highest BCUT2D eigenvalue weighted by Crippen LogP contribution is 2.21. The normalized spacial score (nSPS) is 10.9. The second-order valence-electron chi connectivity index (χ2n) is 15.8. The van der Waals surface area contributed by atoms with Crippen LogP contribution in [-0.4, -0.2) is 49.6 Å². The molecule has 0 unspecified atom stereocenters. The van der Waals surface area contributed by atoms with Gasteiger partial charge in [-0.15, -0.1) is 0 Å². The van der Waals surface area contributed by atoms with E-state index >= 15 is 0 Å². The number of carbonyl (C=O) groups excluding carboxylic acids is 4. The third-order valence-electron chi connectivity index (χ3n) is 10.5. The summed E-state index contributed by atoms with van der Waals surface area (Å²) in [4.78, 5) is 51.3. The molecule has 4 N–H and O–H groups in total. The molecule has 18 heteroatoms. The summed E-state index contributed by atoms with van der Waals surface area (Å²) in [6, 6.07) is 35.4. The molecule has 0 atom stereocenters. The molecule has 5 aromatic carbocycles. The summed E-state index contributed by atoms with van der Waals surface area (Å²) < 4.78 is 66.3. The number of nitrogens with zero attached hydrogens (tertiary/aromatic N) is 2. The van der Waals surface area contributed by atoms with Gasteiger partial charge >= 0.3 is 0 Å². The monoisotopic (exact) mass is 984 g/mol. The van der Waals surface area contributed by atoms with Gasteiger partial charge in [0.25, 0.3) is 23.6 Å². The summed E-state index contributed by atoms with van der Waals surface area (Å²) in [6.45, 7) is 12.9. The maximum Gasteiger partial charge on any atom is 0.255 e. The van der Waals surface area contributed by atoms with Crippen molar-refractivity contribution in [2.24, 2.45) is 0 Å². The standard InChI is InChI=1S/C38H36N6O4.2C7H8O3S/c1-5-43-19-7-9-31(23-43)39-37(47)29-15-17-33(25(3)21-29)41-35(45)27-11-13-28(14-12-27)36(46)42-34-18-16-30(22-26(34)4)38(48)40-32-10-8-20-44(6-2)24-32;2*1-6-2-4-7(5-3-6)11(8,9)10/h7-24H,5-6H2,1-4H3,(H2-2,39,40,41,42,45,46,47,48);2*2-5H,1H3,(H,8,9,10). The molecule has 7 aromatic rings. The van der Waals surface area contributed by atoms with Gasteiger partial charge in [0.1, 0.15) is 44.7 Å². The van der Waals surface area contributed by atoms with Crippen LogP contribution in [0.5, 0.6) is 0 Å². The Morgan fingerprint density at radius 1 is 0.443 bits per heavy atom. The zero-order valence-corrected chi connectivity index (χ0v) is 40.9. The first-order chi connectivity index (χ1) is 33.1. The van der Waals surface area contributed by atoms with Crippen molar-refractivity contribution in [3.8, 4) is 0 Å². The molecule has 2 aromatic heterocycles. The van der Waals surface area contributed by atoms with Crippen LogP contribution >= 0.6 is 0 Å². The van der Waals surface area contributed by atoms with Crippen LogP contribution in [0.25, 0.3) is 0 Å². The molecule has 0 aliphatic heterocycles. The first kappa shape index (κ1) is 53.1. The molecular weight excluding hydrogens is 933 g/mol. The molecule has 0 bridgehead atoms. The number of rotatable bonds is 12. The van der Waals surface area contributed by atoms with E-state index in [0.29, 0.717) is 45.0 Å². The zero-order valence-electron chi connectivity index (χ0n) is 39.2. The van der Waals surface area contributed by atoms with Gasteiger partial charge in [-0.05, 0) is 150 Å². The third-order valence-corrected chi connectivity index (χ3v) is 12.2. The van der Waals surface area contributed by atoms with E-state index in [-0.39, 0.29) is 33.4 Å². The average Bonchev–Trinajstić information content (AvgIpc) is 3.33. The number of anilines is 4. The molecule has 16 nitrogen and oxygen atoms in total. The van der Waals surface area contributed by atoms with Crippen LogP contribution in [0.3, 0.4) is 0 Å². The molecule has 0 saturated carbocycles. The van der Waals surface area contributed by atoms with Crippen molar-refractivity contribution < 1.29 is 54.3 Å².